The van der Waals surface area contributed by atoms with E-state index in [1.54, 1.807) is 6.20 Å². The zero-order valence-electron chi connectivity index (χ0n) is 11.4. The van der Waals surface area contributed by atoms with Gasteiger partial charge in [0.1, 0.15) is 17.9 Å². The van der Waals surface area contributed by atoms with Crippen LogP contribution in [0.2, 0.25) is 0 Å². The van der Waals surface area contributed by atoms with Gasteiger partial charge in [0, 0.05) is 23.6 Å². The number of H-pyrrole nitrogens is 1. The van der Waals surface area contributed by atoms with Crippen LogP contribution in [0, 0.1) is 5.92 Å². The van der Waals surface area contributed by atoms with E-state index < -0.39 is 20.0 Å². The summed E-state index contributed by atoms with van der Waals surface area (Å²) in [7, 11) is -4.07. The molecule has 0 aromatic carbocycles. The molecule has 0 amide bonds. The maximum absolute atomic E-state index is 11.5. The Morgan fingerprint density at radius 1 is 1.45 bits per heavy atom. The van der Waals surface area contributed by atoms with Crippen molar-refractivity contribution in [1.82, 2.24) is 15.0 Å². The Morgan fingerprint density at radius 3 is 3.09 bits per heavy atom. The molecule has 2 aromatic heterocycles. The molecule has 1 aliphatic carbocycles. The van der Waals surface area contributed by atoms with E-state index >= 15 is 0 Å². The average Bonchev–Trinajstić information content (AvgIpc) is 3.01. The smallest absolute Gasteiger partial charge is 0.390 e. The fraction of sp³-hybridized carbons (Fsp3) is 0.500. The summed E-state index contributed by atoms with van der Waals surface area (Å²) >= 11 is 0. The number of phosphoric ester groups is 1. The Morgan fingerprint density at radius 2 is 2.27 bits per heavy atom. The van der Waals surface area contributed by atoms with Gasteiger partial charge in [0.05, 0.1) is 18.2 Å². The van der Waals surface area contributed by atoms with E-state index in [-0.39, 0.29) is 18.4 Å². The summed E-state index contributed by atoms with van der Waals surface area (Å²) < 4.78 is 21.4. The SMILES string of the molecule is Nc1ncnc2c([C@@H]3C[C@@H]4COP(=O)(O)O[C@H]4[C@H]3O)c[nH]c12. The summed E-state index contributed by atoms with van der Waals surface area (Å²) in [6, 6.07) is 0. The summed E-state index contributed by atoms with van der Waals surface area (Å²) in [6.07, 6.45) is 2.04. The van der Waals surface area contributed by atoms with Crippen molar-refractivity contribution in [3.8, 4) is 0 Å². The van der Waals surface area contributed by atoms with Gasteiger partial charge in [-0.1, -0.05) is 0 Å². The molecule has 2 aromatic rings. The lowest BCUT2D eigenvalue weighted by molar-refractivity contribution is -0.0347. The molecule has 22 heavy (non-hydrogen) atoms. The molecule has 5 atom stereocenters. The molecule has 0 bridgehead atoms. The third-order valence-corrected chi connectivity index (χ3v) is 5.38. The Kier molecular flexibility index (Phi) is 3.04. The molecule has 0 spiro atoms. The minimum Gasteiger partial charge on any atom is -0.390 e. The van der Waals surface area contributed by atoms with Crippen molar-refractivity contribution < 1.29 is 23.6 Å². The lowest BCUT2D eigenvalue weighted by Gasteiger charge is -2.29. The van der Waals surface area contributed by atoms with Gasteiger partial charge in [-0.3, -0.25) is 9.05 Å². The summed E-state index contributed by atoms with van der Waals surface area (Å²) in [5.41, 5.74) is 7.85. The molecule has 1 aliphatic heterocycles. The summed E-state index contributed by atoms with van der Waals surface area (Å²) in [5.74, 6) is -0.0845. The van der Waals surface area contributed by atoms with E-state index in [1.165, 1.54) is 6.33 Å². The molecule has 2 aliphatic rings. The molecule has 5 N–H and O–H groups in total. The average molecular weight is 326 g/mol. The number of nitrogens with two attached hydrogens (primary N) is 1. The Hall–Kier alpha value is -1.51. The standard InChI is InChI=1S/C12H15N4O5P/c13-12-9-8(15-4-16-12)7(2-14-9)6-1-5-3-20-22(18,19)21-11(5)10(6)17/h2,4-6,10-11,14,17H,1,3H2,(H,18,19)(H2,13,15,16)/t5-,6+,10+,11-/m1/s1. The molecule has 2 fully saturated rings. The summed E-state index contributed by atoms with van der Waals surface area (Å²) in [6.45, 7) is 0.0888. The molecule has 1 saturated heterocycles. The number of aliphatic hydroxyl groups is 1. The van der Waals surface area contributed by atoms with Gasteiger partial charge in [-0.15, -0.1) is 0 Å². The van der Waals surface area contributed by atoms with E-state index in [9.17, 15) is 14.6 Å². The normalized spacial score (nSPS) is 38.3. The number of rotatable bonds is 1. The van der Waals surface area contributed by atoms with Gasteiger partial charge < -0.3 is 20.7 Å². The van der Waals surface area contributed by atoms with Gasteiger partial charge >= 0.3 is 7.82 Å². The zero-order valence-corrected chi connectivity index (χ0v) is 12.3. The minimum absolute atomic E-state index is 0.0888. The van der Waals surface area contributed by atoms with Crippen LogP contribution >= 0.6 is 7.82 Å². The van der Waals surface area contributed by atoms with E-state index in [4.69, 9.17) is 14.8 Å². The second-order valence-corrected chi connectivity index (χ2v) is 7.06. The third-order valence-electron chi connectivity index (χ3n) is 4.40. The maximum atomic E-state index is 11.5. The van der Waals surface area contributed by atoms with Crippen molar-refractivity contribution >= 4 is 24.7 Å². The number of hydrogen-bond acceptors (Lipinski definition) is 7. The predicted molar refractivity (Wildman–Crippen MR) is 75.8 cm³/mol. The topological polar surface area (TPSA) is 144 Å². The number of phosphoric acid groups is 1. The summed E-state index contributed by atoms with van der Waals surface area (Å²) in [5, 5.41) is 10.5. The highest BCUT2D eigenvalue weighted by Gasteiger charge is 2.51. The second kappa shape index (κ2) is 4.74. The minimum atomic E-state index is -4.07. The molecule has 10 heteroatoms. The molecule has 0 radical (unpaired) electrons. The van der Waals surface area contributed by atoms with Crippen LogP contribution in [-0.4, -0.2) is 43.8 Å². The van der Waals surface area contributed by atoms with E-state index in [0.717, 1.165) is 5.56 Å². The van der Waals surface area contributed by atoms with Crippen molar-refractivity contribution in [2.75, 3.05) is 12.3 Å². The number of aromatic nitrogens is 3. The van der Waals surface area contributed by atoms with Gasteiger partial charge in [-0.25, -0.2) is 14.5 Å². The van der Waals surface area contributed by atoms with Gasteiger partial charge in [-0.2, -0.15) is 0 Å². The lowest BCUT2D eigenvalue weighted by Crippen LogP contribution is -2.35. The van der Waals surface area contributed by atoms with Crippen LogP contribution in [0.4, 0.5) is 5.82 Å². The highest BCUT2D eigenvalue weighted by Crippen LogP contribution is 2.56. The maximum Gasteiger partial charge on any atom is 0.472 e. The van der Waals surface area contributed by atoms with Gasteiger partial charge in [0.15, 0.2) is 5.82 Å². The van der Waals surface area contributed by atoms with Crippen LogP contribution in [0.15, 0.2) is 12.5 Å². The lowest BCUT2D eigenvalue weighted by atomic mass is 9.96. The fourth-order valence-corrected chi connectivity index (χ4v) is 4.41. The first-order chi connectivity index (χ1) is 10.5. The molecular weight excluding hydrogens is 311 g/mol. The molecule has 4 rings (SSSR count). The van der Waals surface area contributed by atoms with Crippen molar-refractivity contribution in [2.45, 2.75) is 24.5 Å². The van der Waals surface area contributed by atoms with E-state index in [0.29, 0.717) is 23.3 Å². The Bertz CT molecular complexity index is 780. The number of hydrogen-bond donors (Lipinski definition) is 4. The van der Waals surface area contributed by atoms with Crippen LogP contribution < -0.4 is 5.73 Å². The summed E-state index contributed by atoms with van der Waals surface area (Å²) in [4.78, 5) is 20.6. The quantitative estimate of drug-likeness (QED) is 0.555. The first-order valence-corrected chi connectivity index (χ1v) is 8.37. The van der Waals surface area contributed by atoms with Crippen LogP contribution in [0.3, 0.4) is 0 Å². The number of aliphatic hydroxyl groups excluding tert-OH is 1. The van der Waals surface area contributed by atoms with Crippen molar-refractivity contribution in [3.05, 3.63) is 18.1 Å². The van der Waals surface area contributed by atoms with Gasteiger partial charge in [0.2, 0.25) is 0 Å². The van der Waals surface area contributed by atoms with Crippen molar-refractivity contribution in [1.29, 1.82) is 0 Å². The molecule has 1 saturated carbocycles. The number of nitrogens with one attached hydrogen (secondary N) is 1. The van der Waals surface area contributed by atoms with E-state index in [1.807, 2.05) is 0 Å². The third kappa shape index (κ3) is 2.05. The number of fused-ring (bicyclic) bond motifs is 2. The van der Waals surface area contributed by atoms with Gasteiger partial charge in [0.25, 0.3) is 0 Å². The molecule has 9 nitrogen and oxygen atoms in total. The largest absolute Gasteiger partial charge is 0.472 e. The molecule has 3 heterocycles. The number of aromatic amines is 1. The van der Waals surface area contributed by atoms with Crippen LogP contribution in [0.1, 0.15) is 17.9 Å². The first kappa shape index (κ1) is 14.1. The predicted octanol–water partition coefficient (Wildman–Crippen LogP) is 0.520. The van der Waals surface area contributed by atoms with Crippen molar-refractivity contribution in [3.63, 3.8) is 0 Å². The molecular formula is C12H15N4O5P. The van der Waals surface area contributed by atoms with Crippen LogP contribution in [0.25, 0.3) is 11.0 Å². The molecule has 1 unspecified atom stereocenters. The van der Waals surface area contributed by atoms with E-state index in [2.05, 4.69) is 15.0 Å². The number of nitrogen functional groups attached to an aromatic ring is 1. The monoisotopic (exact) mass is 326 g/mol. The highest BCUT2D eigenvalue weighted by molar-refractivity contribution is 7.47. The first-order valence-electron chi connectivity index (χ1n) is 6.87. The van der Waals surface area contributed by atoms with Crippen LogP contribution in [-0.2, 0) is 13.6 Å². The molecule has 118 valence electrons. The number of anilines is 1. The zero-order chi connectivity index (χ0) is 15.5. The Labute approximate surface area is 125 Å². The van der Waals surface area contributed by atoms with Crippen molar-refractivity contribution in [2.24, 2.45) is 5.92 Å². The number of nitrogens with zero attached hydrogens (tertiary/aromatic N) is 2. The van der Waals surface area contributed by atoms with Gasteiger partial charge in [-0.05, 0) is 6.42 Å². The fourth-order valence-electron chi connectivity index (χ4n) is 3.37. The Balaban J connectivity index is 1.71. The second-order valence-electron chi connectivity index (χ2n) is 5.65. The van der Waals surface area contributed by atoms with Crippen LogP contribution in [0.5, 0.6) is 0 Å². The highest BCUT2D eigenvalue weighted by atomic mass is 31.2.